The van der Waals surface area contributed by atoms with Gasteiger partial charge >= 0.3 is 0 Å². The molecule has 0 fully saturated rings. The number of likely N-dealkylation sites (N-methyl/N-ethyl adjacent to an activating group) is 1. The van der Waals surface area contributed by atoms with Gasteiger partial charge in [0.25, 0.3) is 5.91 Å². The number of amides is 1. The van der Waals surface area contributed by atoms with Crippen molar-refractivity contribution < 1.29 is 20.2 Å². The molecule has 104 valence electrons. The predicted molar refractivity (Wildman–Crippen MR) is 70.2 cm³/mol. The van der Waals surface area contributed by atoms with Gasteiger partial charge in [-0.1, -0.05) is 23.4 Å². The van der Waals surface area contributed by atoms with Crippen molar-refractivity contribution in [2.75, 3.05) is 18.9 Å². The molecule has 0 aliphatic heterocycles. The molecule has 7 nitrogen and oxygen atoms in total. The maximum Gasteiger partial charge on any atom is 0.270 e. The molecule has 0 heterocycles. The molecule has 1 aromatic carbocycles. The molecule has 0 aromatic heterocycles. The number of para-hydroxylation sites is 1. The second-order valence-corrected chi connectivity index (χ2v) is 3.89. The summed E-state index contributed by atoms with van der Waals surface area (Å²) in [6, 6.07) is 6.52. The smallest absolute Gasteiger partial charge is 0.270 e. The highest BCUT2D eigenvalue weighted by atomic mass is 16.4. The average Bonchev–Trinajstić information content (AvgIpc) is 2.39. The van der Waals surface area contributed by atoms with E-state index >= 15 is 0 Å². The van der Waals surface area contributed by atoms with Gasteiger partial charge < -0.3 is 26.1 Å². The van der Waals surface area contributed by atoms with E-state index < -0.39 is 18.1 Å². The zero-order valence-corrected chi connectivity index (χ0v) is 10.4. The lowest BCUT2D eigenvalue weighted by atomic mass is 10.0. The SMILES string of the molecule is CNCC(O)C(O)c1ccccc1NC(=O)C=NO. The predicted octanol–water partition coefficient (Wildman–Crippen LogP) is -0.301. The van der Waals surface area contributed by atoms with E-state index in [1.807, 2.05) is 0 Å². The van der Waals surface area contributed by atoms with Crippen LogP contribution in [-0.2, 0) is 4.79 Å². The Morgan fingerprint density at radius 3 is 2.74 bits per heavy atom. The molecule has 2 unspecified atom stereocenters. The van der Waals surface area contributed by atoms with E-state index in [0.29, 0.717) is 17.5 Å². The summed E-state index contributed by atoms with van der Waals surface area (Å²) in [5, 5.41) is 35.8. The number of hydrogen-bond acceptors (Lipinski definition) is 6. The van der Waals surface area contributed by atoms with Crippen molar-refractivity contribution in [3.05, 3.63) is 29.8 Å². The molecule has 5 N–H and O–H groups in total. The molecule has 1 amide bonds. The number of nitrogens with zero attached hydrogens (tertiary/aromatic N) is 1. The lowest BCUT2D eigenvalue weighted by Crippen LogP contribution is -2.30. The van der Waals surface area contributed by atoms with Crippen LogP contribution >= 0.6 is 0 Å². The molecular formula is C12H17N3O4. The number of carbonyl (C=O) groups excluding carboxylic acids is 1. The second-order valence-electron chi connectivity index (χ2n) is 3.89. The highest BCUT2D eigenvalue weighted by Gasteiger charge is 2.20. The van der Waals surface area contributed by atoms with Gasteiger partial charge in [0.05, 0.1) is 6.10 Å². The number of anilines is 1. The maximum atomic E-state index is 11.3. The van der Waals surface area contributed by atoms with Crippen LogP contribution in [0.2, 0.25) is 0 Å². The van der Waals surface area contributed by atoms with E-state index in [9.17, 15) is 15.0 Å². The summed E-state index contributed by atoms with van der Waals surface area (Å²) in [7, 11) is 1.65. The Balaban J connectivity index is 2.91. The fourth-order valence-corrected chi connectivity index (χ4v) is 1.61. The standard InChI is InChI=1S/C12H17N3O4/c1-13-6-10(16)12(18)8-4-2-3-5-9(8)15-11(17)7-14-19/h2-5,7,10,12-13,16,18-19H,6H2,1H3,(H,15,17). The van der Waals surface area contributed by atoms with E-state index in [-0.39, 0.29) is 6.54 Å². The van der Waals surface area contributed by atoms with Crippen LogP contribution in [0.1, 0.15) is 11.7 Å². The third-order valence-electron chi connectivity index (χ3n) is 2.49. The van der Waals surface area contributed by atoms with Gasteiger partial charge in [-0.2, -0.15) is 0 Å². The van der Waals surface area contributed by atoms with E-state index in [0.717, 1.165) is 0 Å². The zero-order valence-electron chi connectivity index (χ0n) is 10.4. The van der Waals surface area contributed by atoms with Crippen LogP contribution in [0.15, 0.2) is 29.4 Å². The van der Waals surface area contributed by atoms with E-state index in [1.54, 1.807) is 31.3 Å². The molecule has 0 aliphatic carbocycles. The summed E-state index contributed by atoms with van der Waals surface area (Å²) in [4.78, 5) is 11.3. The first-order valence-corrected chi connectivity index (χ1v) is 5.68. The summed E-state index contributed by atoms with van der Waals surface area (Å²) in [5.74, 6) is -0.634. The van der Waals surface area contributed by atoms with Crippen molar-refractivity contribution >= 4 is 17.8 Å². The van der Waals surface area contributed by atoms with Crippen LogP contribution in [0.25, 0.3) is 0 Å². The Morgan fingerprint density at radius 2 is 2.11 bits per heavy atom. The molecule has 1 rings (SSSR count). The average molecular weight is 267 g/mol. The van der Waals surface area contributed by atoms with Crippen molar-refractivity contribution in [1.82, 2.24) is 5.32 Å². The summed E-state index contributed by atoms with van der Waals surface area (Å²) in [6.45, 7) is 0.210. The fraction of sp³-hybridized carbons (Fsp3) is 0.333. The van der Waals surface area contributed by atoms with Gasteiger partial charge in [0, 0.05) is 17.8 Å². The molecule has 0 radical (unpaired) electrons. The van der Waals surface area contributed by atoms with Crippen molar-refractivity contribution in [3.63, 3.8) is 0 Å². The van der Waals surface area contributed by atoms with Gasteiger partial charge in [-0.05, 0) is 13.1 Å². The second kappa shape index (κ2) is 7.47. The topological polar surface area (TPSA) is 114 Å². The number of aliphatic hydroxyl groups excluding tert-OH is 2. The Kier molecular flexibility index (Phi) is 5.94. The third kappa shape index (κ3) is 4.32. The van der Waals surface area contributed by atoms with Crippen LogP contribution in [-0.4, -0.2) is 47.2 Å². The summed E-state index contributed by atoms with van der Waals surface area (Å²) in [5.41, 5.74) is 0.722. The first-order chi connectivity index (χ1) is 9.10. The number of aliphatic hydroxyl groups is 2. The van der Waals surface area contributed by atoms with Crippen molar-refractivity contribution in [3.8, 4) is 0 Å². The molecule has 0 aliphatic rings. The molecule has 0 saturated carbocycles. The summed E-state index contributed by atoms with van der Waals surface area (Å²) in [6.07, 6.45) is -1.45. The van der Waals surface area contributed by atoms with Gasteiger partial charge in [-0.25, -0.2) is 0 Å². The number of oxime groups is 1. The van der Waals surface area contributed by atoms with E-state index in [2.05, 4.69) is 15.8 Å². The Morgan fingerprint density at radius 1 is 1.42 bits per heavy atom. The van der Waals surface area contributed by atoms with E-state index in [1.165, 1.54) is 0 Å². The number of carbonyl (C=O) groups is 1. The molecular weight excluding hydrogens is 250 g/mol. The minimum Gasteiger partial charge on any atom is -0.411 e. The van der Waals surface area contributed by atoms with Crippen molar-refractivity contribution in [1.29, 1.82) is 0 Å². The Bertz CT molecular complexity index is 450. The normalized spacial score (nSPS) is 14.3. The van der Waals surface area contributed by atoms with Crippen molar-refractivity contribution in [2.45, 2.75) is 12.2 Å². The van der Waals surface area contributed by atoms with Crippen molar-refractivity contribution in [2.24, 2.45) is 5.16 Å². The highest BCUT2D eigenvalue weighted by molar-refractivity contribution is 6.31. The zero-order chi connectivity index (χ0) is 14.3. The molecule has 0 bridgehead atoms. The van der Waals surface area contributed by atoms with Crippen LogP contribution in [0, 0.1) is 0 Å². The Hall–Kier alpha value is -1.96. The van der Waals surface area contributed by atoms with E-state index in [4.69, 9.17) is 5.21 Å². The molecule has 19 heavy (non-hydrogen) atoms. The minimum atomic E-state index is -1.14. The van der Waals surface area contributed by atoms with Gasteiger partial charge in [-0.15, -0.1) is 0 Å². The fourth-order valence-electron chi connectivity index (χ4n) is 1.61. The highest BCUT2D eigenvalue weighted by Crippen LogP contribution is 2.25. The van der Waals surface area contributed by atoms with Crippen LogP contribution in [0.5, 0.6) is 0 Å². The number of benzene rings is 1. The van der Waals surface area contributed by atoms with Crippen LogP contribution < -0.4 is 10.6 Å². The lowest BCUT2D eigenvalue weighted by molar-refractivity contribution is -0.110. The van der Waals surface area contributed by atoms with Gasteiger partial charge in [0.2, 0.25) is 0 Å². The number of rotatable bonds is 6. The van der Waals surface area contributed by atoms with Gasteiger partial charge in [0.15, 0.2) is 0 Å². The molecule has 2 atom stereocenters. The van der Waals surface area contributed by atoms with Gasteiger partial charge in [0.1, 0.15) is 12.3 Å². The Labute approximate surface area is 110 Å². The van der Waals surface area contributed by atoms with Gasteiger partial charge in [-0.3, -0.25) is 4.79 Å². The first-order valence-electron chi connectivity index (χ1n) is 5.68. The minimum absolute atomic E-state index is 0.210. The summed E-state index contributed by atoms with van der Waals surface area (Å²) < 4.78 is 0. The third-order valence-corrected chi connectivity index (χ3v) is 2.49. The maximum absolute atomic E-state index is 11.3. The molecule has 1 aromatic rings. The van der Waals surface area contributed by atoms with Crippen LogP contribution in [0.4, 0.5) is 5.69 Å². The quantitative estimate of drug-likeness (QED) is 0.276. The largest absolute Gasteiger partial charge is 0.411 e. The monoisotopic (exact) mass is 267 g/mol. The number of nitrogens with one attached hydrogen (secondary N) is 2. The molecule has 0 saturated heterocycles. The molecule has 7 heteroatoms. The first kappa shape index (κ1) is 15.1. The van der Waals surface area contributed by atoms with Crippen LogP contribution in [0.3, 0.4) is 0 Å². The lowest BCUT2D eigenvalue weighted by Gasteiger charge is -2.20. The molecule has 0 spiro atoms. The summed E-state index contributed by atoms with van der Waals surface area (Å²) >= 11 is 0. The number of hydrogen-bond donors (Lipinski definition) is 5.